The molecule has 2 rings (SSSR count). The third-order valence-electron chi connectivity index (χ3n) is 2.92. The molecule has 0 aliphatic carbocycles. The van der Waals surface area contributed by atoms with Gasteiger partial charge in [-0.2, -0.15) is 0 Å². The summed E-state index contributed by atoms with van der Waals surface area (Å²) in [5.41, 5.74) is -0.193. The summed E-state index contributed by atoms with van der Waals surface area (Å²) in [7, 11) is 0. The number of fused-ring (bicyclic) bond motifs is 1. The van der Waals surface area contributed by atoms with E-state index >= 15 is 0 Å². The highest BCUT2D eigenvalue weighted by Crippen LogP contribution is 2.21. The average molecular weight is 280 g/mol. The van der Waals surface area contributed by atoms with E-state index in [1.807, 2.05) is 13.0 Å². The zero-order valence-corrected chi connectivity index (χ0v) is 12.0. The quantitative estimate of drug-likeness (QED) is 0.805. The van der Waals surface area contributed by atoms with E-state index in [0.717, 1.165) is 11.3 Å². The van der Waals surface area contributed by atoms with Gasteiger partial charge in [-0.1, -0.05) is 6.92 Å². The molecule has 102 valence electrons. The van der Waals surface area contributed by atoms with Gasteiger partial charge in [-0.05, 0) is 26.3 Å². The van der Waals surface area contributed by atoms with Crippen LogP contribution in [0.15, 0.2) is 17.2 Å². The molecule has 0 saturated heterocycles. The van der Waals surface area contributed by atoms with Crippen molar-refractivity contribution in [3.05, 3.63) is 27.6 Å². The van der Waals surface area contributed by atoms with Gasteiger partial charge in [0.25, 0.3) is 5.56 Å². The molecule has 2 aromatic rings. The van der Waals surface area contributed by atoms with E-state index in [9.17, 15) is 9.59 Å². The minimum atomic E-state index is -0.658. The number of rotatable bonds is 4. The van der Waals surface area contributed by atoms with Gasteiger partial charge < -0.3 is 4.74 Å². The van der Waals surface area contributed by atoms with Crippen molar-refractivity contribution < 1.29 is 9.53 Å². The van der Waals surface area contributed by atoms with Crippen LogP contribution in [0.5, 0.6) is 0 Å². The lowest BCUT2D eigenvalue weighted by Crippen LogP contribution is -2.29. The highest BCUT2D eigenvalue weighted by Gasteiger charge is 2.19. The van der Waals surface area contributed by atoms with Crippen molar-refractivity contribution in [1.29, 1.82) is 0 Å². The molecule has 0 N–H and O–H groups in total. The first-order chi connectivity index (χ1) is 9.08. The van der Waals surface area contributed by atoms with E-state index in [1.165, 1.54) is 22.2 Å². The van der Waals surface area contributed by atoms with Crippen LogP contribution < -0.4 is 5.56 Å². The summed E-state index contributed by atoms with van der Waals surface area (Å²) in [6.07, 6.45) is 2.29. The Bertz CT molecular complexity index is 659. The predicted octanol–water partition coefficient (Wildman–Crippen LogP) is 2.14. The fourth-order valence-corrected chi connectivity index (χ4v) is 2.74. The standard InChI is InChI=1S/C13H16N2O3S/c1-4-9-6-10-11(19-9)14-7-15(12(10)16)8(3)13(17)18-5-2/h6-8H,4-5H2,1-3H3/t8-/m1/s1. The van der Waals surface area contributed by atoms with Crippen molar-refractivity contribution in [3.8, 4) is 0 Å². The Kier molecular flexibility index (Phi) is 3.99. The van der Waals surface area contributed by atoms with Crippen molar-refractivity contribution >= 4 is 27.5 Å². The molecule has 19 heavy (non-hydrogen) atoms. The van der Waals surface area contributed by atoms with Gasteiger partial charge in [-0.15, -0.1) is 11.3 Å². The molecule has 6 heteroatoms. The first-order valence-corrected chi connectivity index (χ1v) is 7.06. The van der Waals surface area contributed by atoms with Crippen molar-refractivity contribution in [1.82, 2.24) is 9.55 Å². The Morgan fingerprint density at radius 1 is 1.53 bits per heavy atom. The number of hydrogen-bond acceptors (Lipinski definition) is 5. The normalized spacial score (nSPS) is 12.6. The molecule has 0 bridgehead atoms. The van der Waals surface area contributed by atoms with Gasteiger partial charge in [-0.25, -0.2) is 9.78 Å². The molecule has 0 amide bonds. The van der Waals surface area contributed by atoms with Crippen LogP contribution in [-0.2, 0) is 16.0 Å². The first kappa shape index (κ1) is 13.7. The van der Waals surface area contributed by atoms with Gasteiger partial charge in [0.1, 0.15) is 10.9 Å². The molecule has 0 unspecified atom stereocenters. The van der Waals surface area contributed by atoms with Crippen molar-refractivity contribution in [2.75, 3.05) is 6.61 Å². The lowest BCUT2D eigenvalue weighted by molar-refractivity contribution is -0.146. The Morgan fingerprint density at radius 3 is 2.89 bits per heavy atom. The third kappa shape index (κ3) is 2.53. The second-order valence-electron chi connectivity index (χ2n) is 4.17. The maximum Gasteiger partial charge on any atom is 0.328 e. The van der Waals surface area contributed by atoms with Crippen LogP contribution >= 0.6 is 11.3 Å². The molecule has 0 aliphatic heterocycles. The zero-order chi connectivity index (χ0) is 14.0. The maximum absolute atomic E-state index is 12.3. The topological polar surface area (TPSA) is 61.2 Å². The van der Waals surface area contributed by atoms with Crippen LogP contribution in [0.2, 0.25) is 0 Å². The summed E-state index contributed by atoms with van der Waals surface area (Å²) in [5, 5.41) is 0.570. The van der Waals surface area contributed by atoms with E-state index < -0.39 is 12.0 Å². The fraction of sp³-hybridized carbons (Fsp3) is 0.462. The lowest BCUT2D eigenvalue weighted by Gasteiger charge is -2.12. The fourth-order valence-electron chi connectivity index (χ4n) is 1.81. The molecule has 0 aromatic carbocycles. The Hall–Kier alpha value is -1.69. The highest BCUT2D eigenvalue weighted by atomic mass is 32.1. The zero-order valence-electron chi connectivity index (χ0n) is 11.2. The summed E-state index contributed by atoms with van der Waals surface area (Å²) in [5.74, 6) is -0.420. The molecular formula is C13H16N2O3S. The number of hydrogen-bond donors (Lipinski definition) is 0. The van der Waals surface area contributed by atoms with Crippen LogP contribution in [0.4, 0.5) is 0 Å². The van der Waals surface area contributed by atoms with E-state index in [2.05, 4.69) is 4.98 Å². The Labute approximate surface area is 114 Å². The molecule has 0 spiro atoms. The van der Waals surface area contributed by atoms with E-state index in [4.69, 9.17) is 4.74 Å². The first-order valence-electron chi connectivity index (χ1n) is 6.24. The van der Waals surface area contributed by atoms with Crippen LogP contribution in [0.3, 0.4) is 0 Å². The van der Waals surface area contributed by atoms with Crippen molar-refractivity contribution in [3.63, 3.8) is 0 Å². The molecular weight excluding hydrogens is 264 g/mol. The summed E-state index contributed by atoms with van der Waals surface area (Å²) in [6.45, 7) is 5.71. The number of aryl methyl sites for hydroxylation is 1. The molecule has 5 nitrogen and oxygen atoms in total. The van der Waals surface area contributed by atoms with E-state index in [1.54, 1.807) is 13.8 Å². The predicted molar refractivity (Wildman–Crippen MR) is 74.6 cm³/mol. The smallest absolute Gasteiger partial charge is 0.328 e. The maximum atomic E-state index is 12.3. The summed E-state index contributed by atoms with van der Waals surface area (Å²) in [4.78, 5) is 30.1. The van der Waals surface area contributed by atoms with Crippen molar-refractivity contribution in [2.45, 2.75) is 33.2 Å². The second-order valence-corrected chi connectivity index (χ2v) is 5.29. The van der Waals surface area contributed by atoms with Gasteiger partial charge in [0.05, 0.1) is 18.3 Å². The number of nitrogens with zero attached hydrogens (tertiary/aromatic N) is 2. The van der Waals surface area contributed by atoms with Gasteiger partial charge in [0, 0.05) is 4.88 Å². The number of thiophene rings is 1. The van der Waals surface area contributed by atoms with E-state index in [0.29, 0.717) is 16.8 Å². The number of carbonyl (C=O) groups excluding carboxylic acids is 1. The monoisotopic (exact) mass is 280 g/mol. The largest absolute Gasteiger partial charge is 0.464 e. The number of aromatic nitrogens is 2. The van der Waals surface area contributed by atoms with Crippen molar-refractivity contribution in [2.24, 2.45) is 0 Å². The minimum Gasteiger partial charge on any atom is -0.464 e. The summed E-state index contributed by atoms with van der Waals surface area (Å²) < 4.78 is 6.25. The third-order valence-corrected chi connectivity index (χ3v) is 4.11. The molecule has 1 atom stereocenters. The van der Waals surface area contributed by atoms with Gasteiger partial charge in [-0.3, -0.25) is 9.36 Å². The van der Waals surface area contributed by atoms with Crippen LogP contribution in [0.1, 0.15) is 31.7 Å². The lowest BCUT2D eigenvalue weighted by atomic mass is 10.3. The summed E-state index contributed by atoms with van der Waals surface area (Å²) >= 11 is 1.51. The van der Waals surface area contributed by atoms with Gasteiger partial charge in [0.15, 0.2) is 0 Å². The van der Waals surface area contributed by atoms with Crippen LogP contribution in [-0.4, -0.2) is 22.1 Å². The molecule has 2 aromatic heterocycles. The van der Waals surface area contributed by atoms with Gasteiger partial charge >= 0.3 is 5.97 Å². The van der Waals surface area contributed by atoms with Crippen LogP contribution in [0, 0.1) is 0 Å². The van der Waals surface area contributed by atoms with Gasteiger partial charge in [0.2, 0.25) is 0 Å². The molecule has 2 heterocycles. The number of esters is 1. The Morgan fingerprint density at radius 2 is 2.26 bits per heavy atom. The van der Waals surface area contributed by atoms with E-state index in [-0.39, 0.29) is 5.56 Å². The average Bonchev–Trinajstić information content (AvgIpc) is 2.83. The minimum absolute atomic E-state index is 0.193. The molecule has 0 aliphatic rings. The van der Waals surface area contributed by atoms with Crippen LogP contribution in [0.25, 0.3) is 10.2 Å². The molecule has 0 radical (unpaired) electrons. The number of carbonyl (C=O) groups is 1. The second kappa shape index (κ2) is 5.52. The summed E-state index contributed by atoms with van der Waals surface area (Å²) in [6, 6.07) is 1.19. The number of ether oxygens (including phenoxy) is 1. The SMILES string of the molecule is CCOC(=O)[C@@H](C)n1cnc2sc(CC)cc2c1=O. The highest BCUT2D eigenvalue weighted by molar-refractivity contribution is 7.18. The Balaban J connectivity index is 2.47. The molecule has 0 fully saturated rings. The molecule has 0 saturated carbocycles.